The number of pyridine rings is 1. The number of fused-ring (bicyclic) bond motifs is 1. The van der Waals surface area contributed by atoms with Crippen molar-refractivity contribution in [2.45, 2.75) is 45.3 Å². The van der Waals surface area contributed by atoms with Crippen LogP contribution in [0.2, 0.25) is 0 Å². The van der Waals surface area contributed by atoms with Gasteiger partial charge in [0.15, 0.2) is 5.82 Å². The molecule has 9 heteroatoms. The Morgan fingerprint density at radius 1 is 1.08 bits per heavy atom. The highest BCUT2D eigenvalue weighted by atomic mass is 32.1. The van der Waals surface area contributed by atoms with Crippen molar-refractivity contribution in [3.8, 4) is 5.75 Å². The van der Waals surface area contributed by atoms with E-state index < -0.39 is 6.04 Å². The fourth-order valence-corrected chi connectivity index (χ4v) is 5.42. The number of hydrogen-bond donors (Lipinski definition) is 1. The Hall–Kier alpha value is -3.82. The second kappa shape index (κ2) is 10.9. The van der Waals surface area contributed by atoms with E-state index >= 15 is 0 Å². The van der Waals surface area contributed by atoms with E-state index in [4.69, 9.17) is 4.74 Å². The zero-order valence-corrected chi connectivity index (χ0v) is 22.9. The molecule has 5 aromatic rings. The van der Waals surface area contributed by atoms with E-state index in [9.17, 15) is 4.79 Å². The lowest BCUT2D eigenvalue weighted by Gasteiger charge is -2.32. The van der Waals surface area contributed by atoms with Crippen molar-refractivity contribution < 1.29 is 4.74 Å². The molecule has 0 amide bonds. The van der Waals surface area contributed by atoms with Crippen molar-refractivity contribution in [2.75, 3.05) is 13.7 Å². The van der Waals surface area contributed by atoms with Gasteiger partial charge in [-0.3, -0.25) is 9.69 Å². The number of hydrogen-bond acceptors (Lipinski definition) is 7. The molecule has 2 aromatic carbocycles. The van der Waals surface area contributed by atoms with E-state index in [0.717, 1.165) is 23.1 Å². The number of nitrogens with zero attached hydrogens (tertiary/aromatic N) is 5. The predicted molar refractivity (Wildman–Crippen MR) is 151 cm³/mol. The van der Waals surface area contributed by atoms with Crippen molar-refractivity contribution >= 4 is 22.2 Å². The van der Waals surface area contributed by atoms with Crippen LogP contribution in [0.15, 0.2) is 76.9 Å². The summed E-state index contributed by atoms with van der Waals surface area (Å²) in [5.74, 6) is 1.36. The van der Waals surface area contributed by atoms with Gasteiger partial charge >= 0.3 is 0 Å². The minimum Gasteiger partial charge on any atom is -0.497 e. The Bertz CT molecular complexity index is 1550. The number of ether oxygens (including phenoxy) is 1. The topological polar surface area (TPSA) is 88.9 Å². The number of benzene rings is 2. The standard InChI is InChI=1S/C29H32N6O2S/c1-29(2,3)35-27(31-32-33-35)26(24-18-21-17-22(37-4)12-13-25(21)30-28(24)36)34(19-23-11-8-16-38-23)15-14-20-9-6-5-7-10-20/h5-13,16-18,26H,14-15,19H2,1-4H3,(H,30,36). The van der Waals surface area contributed by atoms with Crippen LogP contribution in [0.25, 0.3) is 10.9 Å². The van der Waals surface area contributed by atoms with Crippen molar-refractivity contribution in [3.63, 3.8) is 0 Å². The first-order valence-electron chi connectivity index (χ1n) is 12.6. The number of rotatable bonds is 9. The van der Waals surface area contributed by atoms with Crippen molar-refractivity contribution in [1.82, 2.24) is 30.1 Å². The third-order valence-corrected chi connectivity index (χ3v) is 7.44. The first kappa shape index (κ1) is 25.8. The van der Waals surface area contributed by atoms with Crippen LogP contribution in [0.4, 0.5) is 0 Å². The summed E-state index contributed by atoms with van der Waals surface area (Å²) in [5.41, 5.74) is 2.04. The molecule has 0 aliphatic rings. The lowest BCUT2D eigenvalue weighted by atomic mass is 10.0. The Labute approximate surface area is 225 Å². The summed E-state index contributed by atoms with van der Waals surface area (Å²) in [7, 11) is 1.64. The molecule has 38 heavy (non-hydrogen) atoms. The van der Waals surface area contributed by atoms with Gasteiger partial charge in [0, 0.05) is 34.4 Å². The van der Waals surface area contributed by atoms with Crippen LogP contribution in [0.1, 0.15) is 48.6 Å². The molecule has 1 atom stereocenters. The van der Waals surface area contributed by atoms with E-state index in [2.05, 4.69) is 88.0 Å². The zero-order valence-electron chi connectivity index (χ0n) is 22.1. The number of aromatic amines is 1. The molecule has 0 aliphatic carbocycles. The van der Waals surface area contributed by atoms with Crippen LogP contribution in [0, 0.1) is 0 Å². The van der Waals surface area contributed by atoms with Crippen molar-refractivity contribution in [1.29, 1.82) is 0 Å². The largest absolute Gasteiger partial charge is 0.497 e. The van der Waals surface area contributed by atoms with Gasteiger partial charge in [-0.25, -0.2) is 4.68 Å². The van der Waals surface area contributed by atoms with Gasteiger partial charge in [-0.05, 0) is 78.9 Å². The van der Waals surface area contributed by atoms with Crippen LogP contribution in [-0.4, -0.2) is 43.7 Å². The van der Waals surface area contributed by atoms with E-state index in [1.807, 2.05) is 35.0 Å². The lowest BCUT2D eigenvalue weighted by Crippen LogP contribution is -2.38. The third-order valence-electron chi connectivity index (χ3n) is 6.58. The zero-order chi connectivity index (χ0) is 26.7. The van der Waals surface area contributed by atoms with Crippen molar-refractivity contribution in [2.24, 2.45) is 0 Å². The highest BCUT2D eigenvalue weighted by Crippen LogP contribution is 2.32. The first-order valence-corrected chi connectivity index (χ1v) is 13.5. The molecule has 0 aliphatic heterocycles. The molecule has 0 bridgehead atoms. The van der Waals surface area contributed by atoms with Crippen LogP contribution in [-0.2, 0) is 18.5 Å². The molecule has 5 rings (SSSR count). The van der Waals surface area contributed by atoms with Gasteiger partial charge in [0.05, 0.1) is 12.6 Å². The average Bonchev–Trinajstić information content (AvgIpc) is 3.60. The summed E-state index contributed by atoms with van der Waals surface area (Å²) in [6.45, 7) is 7.55. The third kappa shape index (κ3) is 5.54. The summed E-state index contributed by atoms with van der Waals surface area (Å²) < 4.78 is 7.29. The number of thiophene rings is 1. The van der Waals surface area contributed by atoms with Gasteiger partial charge in [0.25, 0.3) is 5.56 Å². The molecule has 3 heterocycles. The fraction of sp³-hybridized carbons (Fsp3) is 0.310. The first-order chi connectivity index (χ1) is 18.3. The van der Waals surface area contributed by atoms with Gasteiger partial charge in [-0.15, -0.1) is 16.4 Å². The Morgan fingerprint density at radius 3 is 2.61 bits per heavy atom. The highest BCUT2D eigenvalue weighted by Gasteiger charge is 2.33. The molecule has 3 aromatic heterocycles. The minimum atomic E-state index is -0.477. The lowest BCUT2D eigenvalue weighted by molar-refractivity contribution is 0.196. The van der Waals surface area contributed by atoms with Gasteiger partial charge in [-0.2, -0.15) is 0 Å². The number of methoxy groups -OCH3 is 1. The van der Waals surface area contributed by atoms with Gasteiger partial charge in [0.2, 0.25) is 0 Å². The Balaban J connectivity index is 1.68. The molecule has 0 saturated carbocycles. The second-order valence-electron chi connectivity index (χ2n) is 10.3. The van der Waals surface area contributed by atoms with Crippen LogP contribution in [0.5, 0.6) is 5.75 Å². The van der Waals surface area contributed by atoms with Gasteiger partial charge in [0.1, 0.15) is 11.8 Å². The fourth-order valence-electron chi connectivity index (χ4n) is 4.69. The molecule has 1 N–H and O–H groups in total. The normalized spacial score (nSPS) is 12.8. The van der Waals surface area contributed by atoms with Crippen LogP contribution < -0.4 is 10.3 Å². The second-order valence-corrected chi connectivity index (χ2v) is 11.3. The summed E-state index contributed by atoms with van der Waals surface area (Å²) in [5, 5.41) is 15.9. The number of aromatic nitrogens is 5. The minimum absolute atomic E-state index is 0.160. The van der Waals surface area contributed by atoms with E-state index in [0.29, 0.717) is 24.5 Å². The monoisotopic (exact) mass is 528 g/mol. The Kier molecular flexibility index (Phi) is 7.40. The van der Waals surface area contributed by atoms with E-state index in [1.165, 1.54) is 10.4 Å². The molecular weight excluding hydrogens is 496 g/mol. The summed E-state index contributed by atoms with van der Waals surface area (Å²) in [4.78, 5) is 20.3. The quantitative estimate of drug-likeness (QED) is 0.284. The molecule has 8 nitrogen and oxygen atoms in total. The molecule has 0 spiro atoms. The number of nitrogens with one attached hydrogen (secondary N) is 1. The van der Waals surface area contributed by atoms with Crippen LogP contribution in [0.3, 0.4) is 0 Å². The van der Waals surface area contributed by atoms with Crippen LogP contribution >= 0.6 is 11.3 Å². The molecule has 0 fully saturated rings. The van der Waals surface area contributed by atoms with E-state index in [-0.39, 0.29) is 11.1 Å². The summed E-state index contributed by atoms with van der Waals surface area (Å²) in [6, 6.07) is 21.7. The number of H-pyrrole nitrogens is 1. The highest BCUT2D eigenvalue weighted by molar-refractivity contribution is 7.09. The van der Waals surface area contributed by atoms with Gasteiger partial charge < -0.3 is 9.72 Å². The smallest absolute Gasteiger partial charge is 0.253 e. The summed E-state index contributed by atoms with van der Waals surface area (Å²) >= 11 is 1.70. The maximum absolute atomic E-state index is 13.7. The van der Waals surface area contributed by atoms with Crippen molar-refractivity contribution in [3.05, 3.63) is 104 Å². The number of tetrazole rings is 1. The molecule has 196 valence electrons. The molecule has 0 saturated heterocycles. The molecule has 0 radical (unpaired) electrons. The molecular formula is C29H32N6O2S. The maximum Gasteiger partial charge on any atom is 0.253 e. The summed E-state index contributed by atoms with van der Waals surface area (Å²) in [6.07, 6.45) is 0.819. The SMILES string of the molecule is COc1ccc2[nH]c(=O)c(C(c3nnnn3C(C)(C)C)N(CCc3ccccc3)Cc3cccs3)cc2c1. The maximum atomic E-state index is 13.7. The molecule has 1 unspecified atom stereocenters. The van der Waals surface area contributed by atoms with E-state index in [1.54, 1.807) is 18.4 Å². The average molecular weight is 529 g/mol. The predicted octanol–water partition coefficient (Wildman–Crippen LogP) is 5.17. The Morgan fingerprint density at radius 2 is 1.89 bits per heavy atom. The van der Waals surface area contributed by atoms with Gasteiger partial charge in [-0.1, -0.05) is 36.4 Å².